The molecule has 0 amide bonds. The lowest BCUT2D eigenvalue weighted by Crippen LogP contribution is -2.19. The molecule has 0 spiro atoms. The molecule has 1 fully saturated rings. The van der Waals surface area contributed by atoms with Gasteiger partial charge in [0.25, 0.3) is 0 Å². The monoisotopic (exact) mass is 260 g/mol. The van der Waals surface area contributed by atoms with Crippen molar-refractivity contribution in [1.82, 2.24) is 4.57 Å². The van der Waals surface area contributed by atoms with Crippen LogP contribution < -0.4 is 5.73 Å². The van der Waals surface area contributed by atoms with Crippen molar-refractivity contribution >= 4 is 10.9 Å². The second-order valence-corrected chi connectivity index (χ2v) is 5.74. The van der Waals surface area contributed by atoms with E-state index in [4.69, 9.17) is 5.73 Å². The van der Waals surface area contributed by atoms with Gasteiger partial charge in [0, 0.05) is 30.1 Å². The van der Waals surface area contributed by atoms with Crippen LogP contribution in [-0.4, -0.2) is 11.1 Å². The minimum Gasteiger partial charge on any atom is -0.350 e. The highest BCUT2D eigenvalue weighted by Gasteiger charge is 2.27. The predicted octanol–water partition coefficient (Wildman–Crippen LogP) is 3.55. The van der Waals surface area contributed by atoms with Crippen LogP contribution in [0.2, 0.25) is 0 Å². The molecule has 3 heteroatoms. The smallest absolute Gasteiger partial charge is 0.123 e. The highest BCUT2D eigenvalue weighted by Crippen LogP contribution is 2.39. The van der Waals surface area contributed by atoms with Gasteiger partial charge in [-0.25, -0.2) is 4.39 Å². The van der Waals surface area contributed by atoms with Gasteiger partial charge >= 0.3 is 0 Å². The van der Waals surface area contributed by atoms with Crippen molar-refractivity contribution in [2.24, 2.45) is 18.7 Å². The van der Waals surface area contributed by atoms with Crippen molar-refractivity contribution in [3.05, 3.63) is 35.8 Å². The second kappa shape index (κ2) is 4.97. The van der Waals surface area contributed by atoms with Crippen molar-refractivity contribution in [3.63, 3.8) is 0 Å². The molecule has 1 aliphatic carbocycles. The summed E-state index contributed by atoms with van der Waals surface area (Å²) in [4.78, 5) is 0. The molecule has 0 bridgehead atoms. The van der Waals surface area contributed by atoms with E-state index >= 15 is 0 Å². The van der Waals surface area contributed by atoms with E-state index in [1.165, 1.54) is 37.3 Å². The van der Waals surface area contributed by atoms with Crippen molar-refractivity contribution in [2.45, 2.75) is 31.6 Å². The summed E-state index contributed by atoms with van der Waals surface area (Å²) in [7, 11) is 2.02. The number of nitrogens with two attached hydrogens (primary N) is 1. The van der Waals surface area contributed by atoms with Gasteiger partial charge in [-0.05, 0) is 49.1 Å². The third kappa shape index (κ3) is 2.16. The maximum atomic E-state index is 13.5. The molecule has 19 heavy (non-hydrogen) atoms. The van der Waals surface area contributed by atoms with Crippen LogP contribution in [0.25, 0.3) is 10.9 Å². The summed E-state index contributed by atoms with van der Waals surface area (Å²) in [6, 6.07) is 5.04. The van der Waals surface area contributed by atoms with Gasteiger partial charge in [0.15, 0.2) is 0 Å². The number of fused-ring (bicyclic) bond motifs is 1. The number of nitrogens with zero attached hydrogens (tertiary/aromatic N) is 1. The van der Waals surface area contributed by atoms with Crippen LogP contribution in [0, 0.1) is 11.7 Å². The van der Waals surface area contributed by atoms with Crippen molar-refractivity contribution in [3.8, 4) is 0 Å². The summed E-state index contributed by atoms with van der Waals surface area (Å²) in [6.07, 6.45) is 7.27. The highest BCUT2D eigenvalue weighted by molar-refractivity contribution is 5.84. The van der Waals surface area contributed by atoms with Crippen LogP contribution in [0.5, 0.6) is 0 Å². The zero-order valence-electron chi connectivity index (χ0n) is 11.4. The lowest BCUT2D eigenvalue weighted by Gasteiger charge is -2.21. The molecule has 2 nitrogen and oxygen atoms in total. The van der Waals surface area contributed by atoms with Gasteiger partial charge in [-0.3, -0.25) is 0 Å². The minimum absolute atomic E-state index is 0.165. The number of hydrogen-bond donors (Lipinski definition) is 1. The number of aromatic nitrogens is 1. The Morgan fingerprint density at radius 2 is 2.11 bits per heavy atom. The largest absolute Gasteiger partial charge is 0.350 e. The number of halogens is 1. The molecule has 1 aliphatic rings. The first-order chi connectivity index (χ1) is 9.20. The van der Waals surface area contributed by atoms with E-state index in [1.54, 1.807) is 6.07 Å². The Bertz CT molecular complexity index is 582. The number of rotatable bonds is 3. The standard InChI is InChI=1S/C16H21FN2/c1-19-10-15(13-8-12(17)6-7-16(13)19)14(9-18)11-4-2-3-5-11/h6-8,10-11,14H,2-5,9,18H2,1H3. The van der Waals surface area contributed by atoms with Crippen molar-refractivity contribution in [1.29, 1.82) is 0 Å². The molecular weight excluding hydrogens is 239 g/mol. The van der Waals surface area contributed by atoms with E-state index in [9.17, 15) is 4.39 Å². The van der Waals surface area contributed by atoms with E-state index in [2.05, 4.69) is 10.8 Å². The van der Waals surface area contributed by atoms with Gasteiger partial charge in [0.1, 0.15) is 5.82 Å². The van der Waals surface area contributed by atoms with Crippen LogP contribution >= 0.6 is 0 Å². The number of hydrogen-bond acceptors (Lipinski definition) is 1. The molecule has 0 aliphatic heterocycles. The Morgan fingerprint density at radius 3 is 2.79 bits per heavy atom. The fourth-order valence-electron chi connectivity index (χ4n) is 3.62. The van der Waals surface area contributed by atoms with Gasteiger partial charge in [0.05, 0.1) is 0 Å². The van der Waals surface area contributed by atoms with Crippen LogP contribution in [0.4, 0.5) is 4.39 Å². The molecular formula is C16H21FN2. The first-order valence-corrected chi connectivity index (χ1v) is 7.15. The molecule has 3 rings (SSSR count). The first-order valence-electron chi connectivity index (χ1n) is 7.15. The zero-order chi connectivity index (χ0) is 13.4. The van der Waals surface area contributed by atoms with Crippen LogP contribution in [-0.2, 0) is 7.05 Å². The van der Waals surface area contributed by atoms with E-state index in [0.717, 1.165) is 10.9 Å². The van der Waals surface area contributed by atoms with Crippen LogP contribution in [0.15, 0.2) is 24.4 Å². The van der Waals surface area contributed by atoms with E-state index < -0.39 is 0 Å². The summed E-state index contributed by atoms with van der Waals surface area (Å²) in [5.74, 6) is 0.869. The molecule has 1 atom stereocenters. The summed E-state index contributed by atoms with van der Waals surface area (Å²) in [6.45, 7) is 0.653. The maximum Gasteiger partial charge on any atom is 0.123 e. The third-order valence-corrected chi connectivity index (χ3v) is 4.60. The Kier molecular flexibility index (Phi) is 3.31. The third-order valence-electron chi connectivity index (χ3n) is 4.60. The zero-order valence-corrected chi connectivity index (χ0v) is 11.4. The van der Waals surface area contributed by atoms with Crippen molar-refractivity contribution in [2.75, 3.05) is 6.54 Å². The Balaban J connectivity index is 2.09. The minimum atomic E-state index is -0.165. The van der Waals surface area contributed by atoms with Gasteiger partial charge in [-0.1, -0.05) is 12.8 Å². The van der Waals surface area contributed by atoms with Crippen LogP contribution in [0.3, 0.4) is 0 Å². The Hall–Kier alpha value is -1.35. The SMILES string of the molecule is Cn1cc(C(CN)C2CCCC2)c2cc(F)ccc21. The molecule has 1 aromatic carbocycles. The molecule has 0 saturated heterocycles. The van der Waals surface area contributed by atoms with Crippen molar-refractivity contribution < 1.29 is 4.39 Å². The first kappa shape index (κ1) is 12.7. The van der Waals surface area contributed by atoms with E-state index in [-0.39, 0.29) is 5.82 Å². The highest BCUT2D eigenvalue weighted by atomic mass is 19.1. The summed E-state index contributed by atoms with van der Waals surface area (Å²) < 4.78 is 15.6. The maximum absolute atomic E-state index is 13.5. The van der Waals surface area contributed by atoms with Gasteiger partial charge in [-0.2, -0.15) is 0 Å². The van der Waals surface area contributed by atoms with Gasteiger partial charge in [-0.15, -0.1) is 0 Å². The van der Waals surface area contributed by atoms with Crippen LogP contribution in [0.1, 0.15) is 37.2 Å². The molecule has 1 aromatic heterocycles. The fraction of sp³-hybridized carbons (Fsp3) is 0.500. The lowest BCUT2D eigenvalue weighted by atomic mass is 9.85. The molecule has 102 valence electrons. The summed E-state index contributed by atoms with van der Waals surface area (Å²) in [5, 5.41) is 1.03. The van der Waals surface area contributed by atoms with E-state index in [1.807, 2.05) is 13.1 Å². The van der Waals surface area contributed by atoms with Gasteiger partial charge < -0.3 is 10.3 Å². The topological polar surface area (TPSA) is 30.9 Å². The normalized spacial score (nSPS) is 18.3. The molecule has 0 radical (unpaired) electrons. The number of benzene rings is 1. The molecule has 1 unspecified atom stereocenters. The molecule has 2 aromatic rings. The lowest BCUT2D eigenvalue weighted by molar-refractivity contribution is 0.442. The number of aryl methyl sites for hydroxylation is 1. The summed E-state index contributed by atoms with van der Waals surface area (Å²) in [5.41, 5.74) is 8.34. The fourth-order valence-corrected chi connectivity index (χ4v) is 3.62. The average Bonchev–Trinajstić information content (AvgIpc) is 3.01. The second-order valence-electron chi connectivity index (χ2n) is 5.74. The Labute approximate surface area is 113 Å². The quantitative estimate of drug-likeness (QED) is 0.899. The average molecular weight is 260 g/mol. The Morgan fingerprint density at radius 1 is 1.37 bits per heavy atom. The summed E-state index contributed by atoms with van der Waals surface area (Å²) >= 11 is 0. The molecule has 2 N–H and O–H groups in total. The molecule has 1 heterocycles. The van der Waals surface area contributed by atoms with E-state index in [0.29, 0.717) is 18.4 Å². The molecule has 1 saturated carbocycles. The predicted molar refractivity (Wildman–Crippen MR) is 76.6 cm³/mol. The van der Waals surface area contributed by atoms with Gasteiger partial charge in [0.2, 0.25) is 0 Å².